The van der Waals surface area contributed by atoms with E-state index in [1.807, 2.05) is 47.8 Å². The minimum absolute atomic E-state index is 0.0813. The number of benzene rings is 2. The van der Waals surface area contributed by atoms with Gasteiger partial charge in [-0.25, -0.2) is 4.79 Å². The largest absolute Gasteiger partial charge is 0.489 e. The van der Waals surface area contributed by atoms with E-state index < -0.39 is 5.97 Å². The number of halogens is 1. The number of hydrogen-bond acceptors (Lipinski definition) is 4. The van der Waals surface area contributed by atoms with Crippen LogP contribution >= 0.6 is 27.3 Å². The van der Waals surface area contributed by atoms with Crippen molar-refractivity contribution in [1.29, 1.82) is 0 Å². The molecule has 0 atom stereocenters. The molecule has 7 heteroatoms. The first kappa shape index (κ1) is 20.5. The minimum Gasteiger partial charge on any atom is -0.489 e. The van der Waals surface area contributed by atoms with Crippen LogP contribution in [0.5, 0.6) is 5.75 Å². The minimum atomic E-state index is -1.08. The van der Waals surface area contributed by atoms with Crippen LogP contribution < -0.4 is 10.3 Å². The van der Waals surface area contributed by atoms with Crippen LogP contribution in [0.2, 0.25) is 0 Å². The molecule has 2 aromatic carbocycles. The lowest BCUT2D eigenvalue weighted by Crippen LogP contribution is -2.20. The maximum Gasteiger partial charge on any atom is 0.337 e. The fourth-order valence-electron chi connectivity index (χ4n) is 3.70. The normalized spacial score (nSPS) is 11.2. The third-order valence-electron chi connectivity index (χ3n) is 5.24. The van der Waals surface area contributed by atoms with Crippen molar-refractivity contribution < 1.29 is 14.6 Å². The Balaban J connectivity index is 1.59. The van der Waals surface area contributed by atoms with Crippen LogP contribution in [0.25, 0.3) is 26.7 Å². The summed E-state index contributed by atoms with van der Waals surface area (Å²) in [5.41, 5.74) is 2.18. The lowest BCUT2D eigenvalue weighted by molar-refractivity contribution is 0.0698. The van der Waals surface area contributed by atoms with Crippen molar-refractivity contribution in [3.8, 4) is 16.9 Å². The third-order valence-corrected chi connectivity index (χ3v) is 6.76. The van der Waals surface area contributed by atoms with Gasteiger partial charge in [-0.2, -0.15) is 0 Å². The topological polar surface area (TPSA) is 68.0 Å². The quantitative estimate of drug-likeness (QED) is 0.288. The van der Waals surface area contributed by atoms with Gasteiger partial charge in [0.25, 0.3) is 5.56 Å². The lowest BCUT2D eigenvalue weighted by atomic mass is 10.0. The van der Waals surface area contributed by atoms with E-state index in [-0.39, 0.29) is 11.1 Å². The SMILES string of the molecule is O=C(O)c1cc(-c2ccc(OCc3ccccc3)cc2)c(=O)n2c(Br)cc3ccsc3c12. The smallest absolute Gasteiger partial charge is 0.337 e. The molecule has 0 bridgehead atoms. The monoisotopic (exact) mass is 505 g/mol. The number of fused-ring (bicyclic) bond motifs is 3. The number of aromatic carboxylic acids is 1. The molecule has 0 fully saturated rings. The summed E-state index contributed by atoms with van der Waals surface area (Å²) >= 11 is 4.87. The van der Waals surface area contributed by atoms with Crippen LogP contribution in [0.4, 0.5) is 0 Å². The molecule has 0 unspecified atom stereocenters. The Hall–Kier alpha value is -3.42. The van der Waals surface area contributed by atoms with E-state index >= 15 is 0 Å². The summed E-state index contributed by atoms with van der Waals surface area (Å²) in [6.07, 6.45) is 0. The van der Waals surface area contributed by atoms with Gasteiger partial charge in [-0.3, -0.25) is 9.20 Å². The Morgan fingerprint density at radius 1 is 1.03 bits per heavy atom. The molecule has 5 rings (SSSR count). The van der Waals surface area contributed by atoms with E-state index in [1.165, 1.54) is 21.8 Å². The summed E-state index contributed by atoms with van der Waals surface area (Å²) in [6.45, 7) is 0.436. The molecule has 3 aromatic heterocycles. The molecule has 5 aromatic rings. The van der Waals surface area contributed by atoms with Gasteiger partial charge in [0.1, 0.15) is 12.4 Å². The number of thiophene rings is 1. The zero-order chi connectivity index (χ0) is 22.2. The summed E-state index contributed by atoms with van der Waals surface area (Å²) in [7, 11) is 0. The van der Waals surface area contributed by atoms with E-state index in [0.29, 0.717) is 33.6 Å². The highest BCUT2D eigenvalue weighted by Gasteiger charge is 2.20. The van der Waals surface area contributed by atoms with E-state index in [2.05, 4.69) is 15.9 Å². The molecule has 5 nitrogen and oxygen atoms in total. The summed E-state index contributed by atoms with van der Waals surface area (Å²) in [5.74, 6) is -0.419. The van der Waals surface area contributed by atoms with Crippen LogP contribution in [0.1, 0.15) is 15.9 Å². The van der Waals surface area contributed by atoms with Gasteiger partial charge >= 0.3 is 5.97 Å². The third kappa shape index (κ3) is 3.59. The molecule has 1 N–H and O–H groups in total. The molecular formula is C25H16BrNO4S. The molecule has 32 heavy (non-hydrogen) atoms. The fraction of sp³-hybridized carbons (Fsp3) is 0.0400. The van der Waals surface area contributed by atoms with Gasteiger partial charge in [0, 0.05) is 5.56 Å². The van der Waals surface area contributed by atoms with Crippen LogP contribution in [-0.4, -0.2) is 15.5 Å². The Morgan fingerprint density at radius 3 is 2.50 bits per heavy atom. The molecule has 158 valence electrons. The van der Waals surface area contributed by atoms with E-state index in [1.54, 1.807) is 24.3 Å². The molecule has 0 saturated heterocycles. The van der Waals surface area contributed by atoms with Crippen LogP contribution in [-0.2, 0) is 6.61 Å². The summed E-state index contributed by atoms with van der Waals surface area (Å²) < 4.78 is 8.52. The maximum atomic E-state index is 13.4. The molecule has 0 aliphatic rings. The fourth-order valence-corrected chi connectivity index (χ4v) is 5.22. The zero-order valence-electron chi connectivity index (χ0n) is 16.6. The van der Waals surface area contributed by atoms with Crippen molar-refractivity contribution in [2.75, 3.05) is 0 Å². The van der Waals surface area contributed by atoms with Crippen molar-refractivity contribution in [2.24, 2.45) is 0 Å². The average Bonchev–Trinajstić information content (AvgIpc) is 3.27. The number of aromatic nitrogens is 1. The van der Waals surface area contributed by atoms with Crippen LogP contribution in [0.3, 0.4) is 0 Å². The summed E-state index contributed by atoms with van der Waals surface area (Å²) in [6, 6.07) is 22.1. The highest BCUT2D eigenvalue weighted by atomic mass is 79.9. The van der Waals surface area contributed by atoms with Crippen LogP contribution in [0.15, 0.2) is 87.6 Å². The summed E-state index contributed by atoms with van der Waals surface area (Å²) in [5, 5.41) is 12.7. The van der Waals surface area contributed by atoms with Gasteiger partial charge in [0.15, 0.2) is 0 Å². The average molecular weight is 506 g/mol. The number of carboxylic acids is 1. The van der Waals surface area contributed by atoms with Gasteiger partial charge in [0.05, 0.1) is 20.4 Å². The van der Waals surface area contributed by atoms with Crippen molar-refractivity contribution in [3.05, 3.63) is 104 Å². The van der Waals surface area contributed by atoms with Crippen molar-refractivity contribution in [2.45, 2.75) is 6.61 Å². The maximum absolute atomic E-state index is 13.4. The molecule has 0 aliphatic heterocycles. The molecule has 0 spiro atoms. The van der Waals surface area contributed by atoms with E-state index in [4.69, 9.17) is 4.74 Å². The second kappa shape index (κ2) is 8.26. The highest BCUT2D eigenvalue weighted by Crippen LogP contribution is 2.32. The second-order valence-electron chi connectivity index (χ2n) is 7.24. The van der Waals surface area contributed by atoms with Crippen molar-refractivity contribution >= 4 is 48.8 Å². The first-order valence-electron chi connectivity index (χ1n) is 9.79. The van der Waals surface area contributed by atoms with E-state index in [0.717, 1.165) is 15.6 Å². The number of pyridine rings is 2. The number of ether oxygens (including phenoxy) is 1. The van der Waals surface area contributed by atoms with E-state index in [9.17, 15) is 14.7 Å². The molecule has 0 saturated carbocycles. The molecule has 3 heterocycles. The predicted molar refractivity (Wildman–Crippen MR) is 130 cm³/mol. The number of rotatable bonds is 5. The van der Waals surface area contributed by atoms with Gasteiger partial charge < -0.3 is 9.84 Å². The van der Waals surface area contributed by atoms with Gasteiger partial charge in [-0.15, -0.1) is 11.3 Å². The van der Waals surface area contributed by atoms with Crippen molar-refractivity contribution in [3.63, 3.8) is 0 Å². The molecule has 0 amide bonds. The Labute approximate surface area is 195 Å². The molecular weight excluding hydrogens is 490 g/mol. The number of carboxylic acid groups (broad SMARTS) is 1. The first-order valence-corrected chi connectivity index (χ1v) is 11.5. The van der Waals surface area contributed by atoms with Gasteiger partial charge in [-0.05, 0) is 68.2 Å². The molecule has 0 aliphatic carbocycles. The zero-order valence-corrected chi connectivity index (χ0v) is 19.0. The number of carbonyl (C=O) groups is 1. The standard InChI is InChI=1S/C25H16BrNO4S/c26-21-12-17-10-11-32-23(17)22-20(25(29)30)13-19(24(28)27(21)22)16-6-8-18(9-7-16)31-14-15-4-2-1-3-5-15/h1-13H,14H2,(H,29,30). The Bertz CT molecular complexity index is 1520. The number of hydrogen-bond donors (Lipinski definition) is 1. The van der Waals surface area contributed by atoms with Crippen LogP contribution in [0, 0.1) is 0 Å². The predicted octanol–water partition coefficient (Wildman–Crippen LogP) is 6.22. The highest BCUT2D eigenvalue weighted by molar-refractivity contribution is 9.10. The number of nitrogens with zero attached hydrogens (tertiary/aromatic N) is 1. The van der Waals surface area contributed by atoms with Gasteiger partial charge in [-0.1, -0.05) is 42.5 Å². The van der Waals surface area contributed by atoms with Crippen molar-refractivity contribution in [1.82, 2.24) is 4.40 Å². The molecule has 0 radical (unpaired) electrons. The Morgan fingerprint density at radius 2 is 1.78 bits per heavy atom. The first-order chi connectivity index (χ1) is 15.5. The second-order valence-corrected chi connectivity index (χ2v) is 8.97. The van der Waals surface area contributed by atoms with Gasteiger partial charge in [0.2, 0.25) is 0 Å². The Kier molecular flexibility index (Phi) is 5.28. The summed E-state index contributed by atoms with van der Waals surface area (Å²) in [4.78, 5) is 25.5. The lowest BCUT2D eigenvalue weighted by Gasteiger charge is -2.12.